The van der Waals surface area contributed by atoms with Crippen molar-refractivity contribution in [2.45, 2.75) is 13.0 Å². The van der Waals surface area contributed by atoms with E-state index in [0.29, 0.717) is 12.2 Å². The molecule has 0 spiro atoms. The first-order valence-electron chi connectivity index (χ1n) is 4.61. The van der Waals surface area contributed by atoms with E-state index >= 15 is 0 Å². The van der Waals surface area contributed by atoms with Gasteiger partial charge in [0.15, 0.2) is 0 Å². The van der Waals surface area contributed by atoms with E-state index in [2.05, 4.69) is 5.16 Å². The van der Waals surface area contributed by atoms with Gasteiger partial charge in [0.1, 0.15) is 5.76 Å². The summed E-state index contributed by atoms with van der Waals surface area (Å²) in [6, 6.07) is 9.01. The summed E-state index contributed by atoms with van der Waals surface area (Å²) in [4.78, 5) is 0. The molecule has 1 heterocycles. The molecule has 2 rings (SSSR count). The van der Waals surface area contributed by atoms with Gasteiger partial charge in [-0.05, 0) is 16.3 Å². The number of aromatic nitrogens is 1. The molecule has 0 aliphatic heterocycles. The Morgan fingerprint density at radius 3 is 2.33 bits per heavy atom. The molecule has 0 fully saturated rings. The highest BCUT2D eigenvalue weighted by Crippen LogP contribution is 2.14. The number of aliphatic hydroxyl groups excluding tert-OH is 1. The number of rotatable bonds is 3. The maximum Gasteiger partial charge on any atom is 0.251 e. The second kappa shape index (κ2) is 4.14. The van der Waals surface area contributed by atoms with Gasteiger partial charge in [-0.1, -0.05) is 24.3 Å². The molecule has 0 bridgehead atoms. The van der Waals surface area contributed by atoms with Gasteiger partial charge in [0, 0.05) is 12.5 Å². The van der Waals surface area contributed by atoms with Gasteiger partial charge < -0.3 is 14.7 Å². The van der Waals surface area contributed by atoms with Gasteiger partial charge in [-0.25, -0.2) is 0 Å². The minimum absolute atomic E-state index is 0.0450. The number of hydrogen-bond donors (Lipinski definition) is 2. The van der Waals surface area contributed by atoms with Crippen LogP contribution in [0.4, 0.5) is 0 Å². The van der Waals surface area contributed by atoms with Crippen LogP contribution in [-0.4, -0.2) is 15.4 Å². The fourth-order valence-electron chi connectivity index (χ4n) is 1.35. The third-order valence-electron chi connectivity index (χ3n) is 2.13. The summed E-state index contributed by atoms with van der Waals surface area (Å²) < 4.78 is 4.88. The summed E-state index contributed by atoms with van der Waals surface area (Å²) in [7, 11) is 0. The minimum atomic E-state index is -0.100. The Bertz CT molecular complexity index is 433. The Hall–Kier alpha value is -1.81. The van der Waals surface area contributed by atoms with Crippen molar-refractivity contribution < 1.29 is 14.7 Å². The van der Waals surface area contributed by atoms with E-state index in [1.165, 1.54) is 6.07 Å². The molecule has 15 heavy (non-hydrogen) atoms. The molecule has 0 aliphatic carbocycles. The van der Waals surface area contributed by atoms with Gasteiger partial charge in [-0.15, -0.1) is 0 Å². The summed E-state index contributed by atoms with van der Waals surface area (Å²) in [6.45, 7) is 0.0450. The molecule has 78 valence electrons. The van der Waals surface area contributed by atoms with E-state index in [9.17, 15) is 0 Å². The van der Waals surface area contributed by atoms with Crippen LogP contribution in [0.2, 0.25) is 0 Å². The topological polar surface area (TPSA) is 66.5 Å². The summed E-state index contributed by atoms with van der Waals surface area (Å²) in [5, 5.41) is 21.2. The normalized spacial score (nSPS) is 10.5. The second-order valence-electron chi connectivity index (χ2n) is 3.30. The highest BCUT2D eigenvalue weighted by atomic mass is 16.5. The average Bonchev–Trinajstić information content (AvgIpc) is 2.65. The lowest BCUT2D eigenvalue weighted by atomic mass is 10.1. The van der Waals surface area contributed by atoms with Crippen molar-refractivity contribution in [2.75, 3.05) is 0 Å². The molecule has 4 heteroatoms. The molecule has 1 aromatic heterocycles. The molecule has 0 amide bonds. The second-order valence-corrected chi connectivity index (χ2v) is 3.30. The number of aliphatic hydroxyl groups is 1. The SMILES string of the molecule is OCc1ccc(Cc2cc(O)no2)cc1. The first-order chi connectivity index (χ1) is 7.28. The van der Waals surface area contributed by atoms with Crippen molar-refractivity contribution in [3.8, 4) is 5.88 Å². The molecule has 0 atom stereocenters. The van der Waals surface area contributed by atoms with Crippen LogP contribution in [-0.2, 0) is 13.0 Å². The van der Waals surface area contributed by atoms with E-state index < -0.39 is 0 Å². The van der Waals surface area contributed by atoms with Crippen molar-refractivity contribution >= 4 is 0 Å². The van der Waals surface area contributed by atoms with Crippen molar-refractivity contribution in [2.24, 2.45) is 0 Å². The predicted octanol–water partition coefficient (Wildman–Crippen LogP) is 1.46. The molecule has 2 aromatic rings. The van der Waals surface area contributed by atoms with Crippen LogP contribution in [0, 0.1) is 0 Å². The van der Waals surface area contributed by atoms with Crippen molar-refractivity contribution in [3.05, 3.63) is 47.2 Å². The molecular weight excluding hydrogens is 194 g/mol. The summed E-state index contributed by atoms with van der Waals surface area (Å²) in [5.41, 5.74) is 1.92. The molecule has 1 aromatic carbocycles. The number of benzene rings is 1. The lowest BCUT2D eigenvalue weighted by Gasteiger charge is -1.99. The monoisotopic (exact) mass is 205 g/mol. The predicted molar refractivity (Wildman–Crippen MR) is 53.3 cm³/mol. The van der Waals surface area contributed by atoms with Gasteiger partial charge in [0.05, 0.1) is 6.61 Å². The Balaban J connectivity index is 2.11. The smallest absolute Gasteiger partial charge is 0.251 e. The third kappa shape index (κ3) is 2.35. The van der Waals surface area contributed by atoms with Gasteiger partial charge in [-0.2, -0.15) is 0 Å². The minimum Gasteiger partial charge on any atom is -0.491 e. The van der Waals surface area contributed by atoms with Crippen LogP contribution in [0.15, 0.2) is 34.9 Å². The number of aromatic hydroxyl groups is 1. The molecular formula is C11H11NO3. The van der Waals surface area contributed by atoms with Gasteiger partial charge in [0.2, 0.25) is 0 Å². The summed E-state index contributed by atoms with van der Waals surface area (Å²) >= 11 is 0. The maximum atomic E-state index is 8.98. The van der Waals surface area contributed by atoms with Crippen molar-refractivity contribution in [1.29, 1.82) is 0 Å². The fraction of sp³-hybridized carbons (Fsp3) is 0.182. The number of nitrogens with zero attached hydrogens (tertiary/aromatic N) is 1. The highest BCUT2D eigenvalue weighted by molar-refractivity contribution is 5.25. The van der Waals surface area contributed by atoms with Crippen LogP contribution < -0.4 is 0 Å². The zero-order chi connectivity index (χ0) is 10.7. The van der Waals surface area contributed by atoms with E-state index in [4.69, 9.17) is 14.7 Å². The van der Waals surface area contributed by atoms with Crippen molar-refractivity contribution in [1.82, 2.24) is 5.16 Å². The number of hydrogen-bond acceptors (Lipinski definition) is 4. The molecule has 0 radical (unpaired) electrons. The summed E-state index contributed by atoms with van der Waals surface area (Å²) in [6.07, 6.45) is 0.583. The standard InChI is InChI=1S/C11H11NO3/c13-7-9-3-1-8(2-4-9)5-10-6-11(14)12-15-10/h1-4,6,13H,5,7H2,(H,12,14). The maximum absolute atomic E-state index is 8.98. The van der Waals surface area contributed by atoms with Crippen LogP contribution in [0.1, 0.15) is 16.9 Å². The molecule has 0 aliphatic rings. The third-order valence-corrected chi connectivity index (χ3v) is 2.13. The Morgan fingerprint density at radius 2 is 1.80 bits per heavy atom. The van der Waals surface area contributed by atoms with Crippen LogP contribution in [0.5, 0.6) is 5.88 Å². The summed E-state index contributed by atoms with van der Waals surface area (Å²) in [5.74, 6) is 0.515. The van der Waals surface area contributed by atoms with Crippen LogP contribution >= 0.6 is 0 Å². The lowest BCUT2D eigenvalue weighted by Crippen LogP contribution is -1.87. The zero-order valence-corrected chi connectivity index (χ0v) is 8.05. The quantitative estimate of drug-likeness (QED) is 0.796. The molecule has 2 N–H and O–H groups in total. The van der Waals surface area contributed by atoms with Crippen LogP contribution in [0.25, 0.3) is 0 Å². The van der Waals surface area contributed by atoms with Gasteiger partial charge >= 0.3 is 0 Å². The molecule has 4 nitrogen and oxygen atoms in total. The first kappa shape index (κ1) is 9.73. The van der Waals surface area contributed by atoms with E-state index in [-0.39, 0.29) is 12.5 Å². The molecule has 0 saturated carbocycles. The molecule has 0 saturated heterocycles. The van der Waals surface area contributed by atoms with Crippen molar-refractivity contribution in [3.63, 3.8) is 0 Å². The Kier molecular flexibility index (Phi) is 2.69. The molecule has 0 unspecified atom stereocenters. The first-order valence-corrected chi connectivity index (χ1v) is 4.61. The largest absolute Gasteiger partial charge is 0.491 e. The zero-order valence-electron chi connectivity index (χ0n) is 8.05. The van der Waals surface area contributed by atoms with Gasteiger partial charge in [0.25, 0.3) is 5.88 Å². The lowest BCUT2D eigenvalue weighted by molar-refractivity contribution is 0.282. The fourth-order valence-corrected chi connectivity index (χ4v) is 1.35. The van der Waals surface area contributed by atoms with E-state index in [0.717, 1.165) is 11.1 Å². The van der Waals surface area contributed by atoms with E-state index in [1.54, 1.807) is 0 Å². The van der Waals surface area contributed by atoms with Gasteiger partial charge in [-0.3, -0.25) is 0 Å². The Morgan fingerprint density at radius 1 is 1.13 bits per heavy atom. The van der Waals surface area contributed by atoms with E-state index in [1.807, 2.05) is 24.3 Å². The average molecular weight is 205 g/mol. The van der Waals surface area contributed by atoms with Crippen LogP contribution in [0.3, 0.4) is 0 Å². The highest BCUT2D eigenvalue weighted by Gasteiger charge is 2.03. The Labute approximate surface area is 86.8 Å².